The molecule has 0 bridgehead atoms. The minimum atomic E-state index is 0.538. The zero-order chi connectivity index (χ0) is 23.6. The fraction of sp³-hybridized carbons (Fsp3) is 0. The van der Waals surface area contributed by atoms with Gasteiger partial charge in [-0.2, -0.15) is 5.26 Å². The number of para-hydroxylation sites is 4. The van der Waals surface area contributed by atoms with Crippen LogP contribution in [0.5, 0.6) is 0 Å². The fourth-order valence-corrected chi connectivity index (χ4v) is 4.40. The summed E-state index contributed by atoms with van der Waals surface area (Å²) < 4.78 is 11.7. The van der Waals surface area contributed by atoms with Crippen molar-refractivity contribution in [2.45, 2.75) is 4.90 Å². The van der Waals surface area contributed by atoms with E-state index in [1.165, 1.54) is 0 Å². The van der Waals surface area contributed by atoms with E-state index in [1.54, 1.807) is 0 Å². The van der Waals surface area contributed by atoms with Gasteiger partial charge < -0.3 is 8.83 Å². The van der Waals surface area contributed by atoms with E-state index in [9.17, 15) is 5.26 Å². The zero-order valence-electron chi connectivity index (χ0n) is 18.4. The Morgan fingerprint density at radius 2 is 1.29 bits per heavy atom. The fourth-order valence-electron chi connectivity index (χ4n) is 3.86. The quantitative estimate of drug-likeness (QED) is 0.144. The van der Waals surface area contributed by atoms with Crippen LogP contribution in [0.15, 0.2) is 105 Å². The van der Waals surface area contributed by atoms with E-state index in [4.69, 9.17) is 8.83 Å². The Labute approximate surface area is 205 Å². The second-order valence-corrected chi connectivity index (χ2v) is 8.70. The van der Waals surface area contributed by atoms with Crippen LogP contribution in [0.1, 0.15) is 11.1 Å². The number of thiocyanates is 1. The van der Waals surface area contributed by atoms with E-state index in [0.717, 1.165) is 61.1 Å². The lowest BCUT2D eigenvalue weighted by atomic mass is 10.1. The van der Waals surface area contributed by atoms with Crippen molar-refractivity contribution >= 4 is 46.1 Å². The third-order valence-electron chi connectivity index (χ3n) is 5.62. The molecule has 0 aliphatic rings. The number of aromatic nitrogens is 2. The smallest absolute Gasteiger partial charge is 0.227 e. The highest BCUT2D eigenvalue weighted by molar-refractivity contribution is 8.03. The molecule has 0 spiro atoms. The van der Waals surface area contributed by atoms with E-state index in [1.807, 2.05) is 103 Å². The van der Waals surface area contributed by atoms with Crippen molar-refractivity contribution in [1.29, 1.82) is 5.26 Å². The first-order valence-electron chi connectivity index (χ1n) is 11.0. The first kappa shape index (κ1) is 21.0. The van der Waals surface area contributed by atoms with Gasteiger partial charge >= 0.3 is 0 Å². The molecule has 2 aromatic heterocycles. The predicted molar refractivity (Wildman–Crippen MR) is 139 cm³/mol. The third kappa shape index (κ3) is 4.21. The molecule has 4 aromatic carbocycles. The minimum absolute atomic E-state index is 0.538. The Morgan fingerprint density at radius 1 is 0.686 bits per heavy atom. The van der Waals surface area contributed by atoms with Gasteiger partial charge in [0, 0.05) is 16.0 Å². The van der Waals surface area contributed by atoms with Crippen LogP contribution < -0.4 is 0 Å². The number of thioether (sulfide) groups is 1. The highest BCUT2D eigenvalue weighted by Crippen LogP contribution is 2.31. The number of hydrogen-bond donors (Lipinski definition) is 0. The van der Waals surface area contributed by atoms with E-state index in [0.29, 0.717) is 11.8 Å². The molecule has 6 aromatic rings. The van der Waals surface area contributed by atoms with Crippen LogP contribution >= 0.6 is 11.8 Å². The maximum absolute atomic E-state index is 9.33. The van der Waals surface area contributed by atoms with Crippen molar-refractivity contribution in [3.05, 3.63) is 102 Å². The second-order valence-electron chi connectivity index (χ2n) is 7.87. The summed E-state index contributed by atoms with van der Waals surface area (Å²) >= 11 is 1.12. The number of nitriles is 1. The van der Waals surface area contributed by atoms with Crippen molar-refractivity contribution in [1.82, 2.24) is 9.97 Å². The average Bonchev–Trinajstić information content (AvgIpc) is 3.53. The van der Waals surface area contributed by atoms with Gasteiger partial charge in [0.1, 0.15) is 16.4 Å². The zero-order valence-corrected chi connectivity index (χ0v) is 19.2. The number of rotatable bonds is 5. The first-order valence-corrected chi connectivity index (χ1v) is 11.8. The number of benzene rings is 4. The molecule has 35 heavy (non-hydrogen) atoms. The summed E-state index contributed by atoms with van der Waals surface area (Å²) in [6.07, 6.45) is 4.02. The van der Waals surface area contributed by atoms with E-state index in [2.05, 4.69) is 15.4 Å². The average molecular weight is 472 g/mol. The van der Waals surface area contributed by atoms with Gasteiger partial charge in [-0.3, -0.25) is 0 Å². The highest BCUT2D eigenvalue weighted by atomic mass is 32.2. The summed E-state index contributed by atoms with van der Waals surface area (Å²) in [5.41, 5.74) is 6.89. The number of fused-ring (bicyclic) bond motifs is 2. The molecule has 0 amide bonds. The summed E-state index contributed by atoms with van der Waals surface area (Å²) in [6, 6.07) is 29.3. The predicted octanol–water partition coefficient (Wildman–Crippen LogP) is 8.05. The van der Waals surface area contributed by atoms with Crippen molar-refractivity contribution in [2.75, 3.05) is 0 Å². The molecule has 6 rings (SSSR count). The van der Waals surface area contributed by atoms with Gasteiger partial charge in [-0.25, -0.2) is 9.97 Å². The monoisotopic (exact) mass is 471 g/mol. The molecule has 5 nitrogen and oxygen atoms in total. The molecule has 0 saturated heterocycles. The van der Waals surface area contributed by atoms with E-state index >= 15 is 0 Å². The molecule has 0 N–H and O–H groups in total. The van der Waals surface area contributed by atoms with Crippen LogP contribution in [-0.4, -0.2) is 9.97 Å². The van der Waals surface area contributed by atoms with Gasteiger partial charge in [0.25, 0.3) is 0 Å². The van der Waals surface area contributed by atoms with Crippen LogP contribution in [0.2, 0.25) is 0 Å². The molecule has 0 aliphatic heterocycles. The van der Waals surface area contributed by atoms with Crippen LogP contribution in [0.3, 0.4) is 0 Å². The Morgan fingerprint density at radius 3 is 1.91 bits per heavy atom. The summed E-state index contributed by atoms with van der Waals surface area (Å²) in [5, 5.41) is 11.5. The van der Waals surface area contributed by atoms with Gasteiger partial charge in [-0.1, -0.05) is 54.6 Å². The minimum Gasteiger partial charge on any atom is -0.436 e. The molecule has 2 heterocycles. The topological polar surface area (TPSA) is 75.8 Å². The molecule has 0 fully saturated rings. The van der Waals surface area contributed by atoms with E-state index < -0.39 is 0 Å². The molecule has 0 radical (unpaired) electrons. The van der Waals surface area contributed by atoms with Gasteiger partial charge in [0.15, 0.2) is 11.2 Å². The largest absolute Gasteiger partial charge is 0.436 e. The number of nitrogens with zero attached hydrogens (tertiary/aromatic N) is 3. The van der Waals surface area contributed by atoms with Crippen LogP contribution in [0.4, 0.5) is 0 Å². The lowest BCUT2D eigenvalue weighted by Crippen LogP contribution is -1.83. The van der Waals surface area contributed by atoms with Crippen LogP contribution in [0, 0.1) is 10.7 Å². The van der Waals surface area contributed by atoms with Gasteiger partial charge in [0.05, 0.1) is 0 Å². The molecule has 0 atom stereocenters. The van der Waals surface area contributed by atoms with Crippen molar-refractivity contribution in [3.8, 4) is 28.3 Å². The Balaban J connectivity index is 1.26. The Hall–Kier alpha value is -4.60. The number of hydrogen-bond acceptors (Lipinski definition) is 6. The molecular weight excluding hydrogens is 454 g/mol. The standard InChI is InChI=1S/C29H17N3O2S/c30-18-35-27-17-22(29-32-24-6-2-4-8-26(24)34-29)16-15-20(27)12-9-19-10-13-21(14-11-19)28-31-23-5-1-3-7-25(23)33-28/h1-17H. The van der Waals surface area contributed by atoms with Gasteiger partial charge in [-0.05, 0) is 71.4 Å². The third-order valence-corrected chi connectivity index (χ3v) is 6.28. The lowest BCUT2D eigenvalue weighted by molar-refractivity contribution is 0.619. The SMILES string of the molecule is N#CSc1cc(-c2nc3ccccc3o2)ccc1C=Cc1ccc(-c2nc3ccccc3o2)cc1. The molecule has 0 saturated carbocycles. The summed E-state index contributed by atoms with van der Waals surface area (Å²) in [4.78, 5) is 9.96. The Bertz CT molecular complexity index is 1670. The van der Waals surface area contributed by atoms with Crippen molar-refractivity contribution in [3.63, 3.8) is 0 Å². The highest BCUT2D eigenvalue weighted by Gasteiger charge is 2.11. The van der Waals surface area contributed by atoms with Crippen LogP contribution in [-0.2, 0) is 0 Å². The van der Waals surface area contributed by atoms with Crippen molar-refractivity contribution in [2.24, 2.45) is 0 Å². The normalized spacial score (nSPS) is 11.4. The maximum atomic E-state index is 9.33. The molecule has 166 valence electrons. The molecule has 0 aliphatic carbocycles. The van der Waals surface area contributed by atoms with E-state index in [-0.39, 0.29) is 0 Å². The number of oxazole rings is 2. The second kappa shape index (κ2) is 8.98. The van der Waals surface area contributed by atoms with Gasteiger partial charge in [0.2, 0.25) is 11.8 Å². The summed E-state index contributed by atoms with van der Waals surface area (Å²) in [5.74, 6) is 1.14. The molecule has 6 heteroatoms. The van der Waals surface area contributed by atoms with Gasteiger partial charge in [-0.15, -0.1) is 0 Å². The summed E-state index contributed by atoms with van der Waals surface area (Å²) in [7, 11) is 0. The maximum Gasteiger partial charge on any atom is 0.227 e. The molecule has 0 unspecified atom stereocenters. The van der Waals surface area contributed by atoms with Crippen LogP contribution in [0.25, 0.3) is 57.3 Å². The van der Waals surface area contributed by atoms with Crippen molar-refractivity contribution < 1.29 is 8.83 Å². The molecular formula is C29H17N3O2S. The lowest BCUT2D eigenvalue weighted by Gasteiger charge is -2.04. The Kier molecular flexibility index (Phi) is 5.38. The first-order chi connectivity index (χ1) is 17.3. The summed E-state index contributed by atoms with van der Waals surface area (Å²) in [6.45, 7) is 0.